The van der Waals surface area contributed by atoms with E-state index in [9.17, 15) is 4.79 Å². The zero-order chi connectivity index (χ0) is 13.1. The number of ether oxygens (including phenoxy) is 1. The van der Waals surface area contributed by atoms with Crippen molar-refractivity contribution in [3.8, 4) is 0 Å². The molecule has 1 aromatic rings. The molecule has 1 N–H and O–H groups in total. The van der Waals surface area contributed by atoms with Crippen LogP contribution < -0.4 is 5.32 Å². The molecule has 94 valence electrons. The van der Waals surface area contributed by atoms with E-state index in [0.717, 1.165) is 11.1 Å². The highest BCUT2D eigenvalue weighted by atomic mass is 35.5. The van der Waals surface area contributed by atoms with Crippen molar-refractivity contribution in [2.45, 2.75) is 13.0 Å². The highest BCUT2D eigenvalue weighted by Gasteiger charge is 2.20. The van der Waals surface area contributed by atoms with Crippen molar-refractivity contribution < 1.29 is 9.53 Å². The van der Waals surface area contributed by atoms with Crippen LogP contribution >= 0.6 is 11.6 Å². The number of carbonyl (C=O) groups is 1. The van der Waals surface area contributed by atoms with Crippen molar-refractivity contribution in [1.29, 1.82) is 0 Å². The summed E-state index contributed by atoms with van der Waals surface area (Å²) in [6, 6.07) is 1.77. The third kappa shape index (κ3) is 2.38. The molecule has 2 heterocycles. The lowest BCUT2D eigenvalue weighted by atomic mass is 9.95. The molecule has 1 atom stereocenters. The van der Waals surface area contributed by atoms with Crippen LogP contribution in [0.25, 0.3) is 5.57 Å². The second kappa shape index (κ2) is 5.23. The number of nitrogens with one attached hydrogen (secondary N) is 1. The number of nitrogens with zero attached hydrogens (tertiary/aromatic N) is 1. The zero-order valence-corrected chi connectivity index (χ0v) is 10.9. The van der Waals surface area contributed by atoms with Crippen molar-refractivity contribution in [3.63, 3.8) is 0 Å². The van der Waals surface area contributed by atoms with E-state index in [1.807, 2.05) is 25.3 Å². The van der Waals surface area contributed by atoms with Gasteiger partial charge in [-0.25, -0.2) is 9.78 Å². The summed E-state index contributed by atoms with van der Waals surface area (Å²) in [5.41, 5.74) is 2.13. The molecule has 5 heteroatoms. The van der Waals surface area contributed by atoms with Gasteiger partial charge in [-0.3, -0.25) is 0 Å². The molecule has 0 radical (unpaired) electrons. The van der Waals surface area contributed by atoms with Crippen molar-refractivity contribution in [3.05, 3.63) is 46.9 Å². The van der Waals surface area contributed by atoms with Gasteiger partial charge in [0, 0.05) is 12.2 Å². The number of aromatic nitrogens is 1. The molecule has 0 saturated heterocycles. The van der Waals surface area contributed by atoms with Crippen LogP contribution in [0.3, 0.4) is 0 Å². The van der Waals surface area contributed by atoms with E-state index in [0.29, 0.717) is 10.7 Å². The SMILES string of the molecule is COC(=O)c1cnc(Cl)cc1C1=CC=CNC1C. The number of esters is 1. The number of rotatable bonds is 2. The predicted molar refractivity (Wildman–Crippen MR) is 70.3 cm³/mol. The monoisotopic (exact) mass is 264 g/mol. The molecule has 0 spiro atoms. The van der Waals surface area contributed by atoms with Crippen LogP contribution in [0.5, 0.6) is 0 Å². The molecule has 0 saturated carbocycles. The Kier molecular flexibility index (Phi) is 3.67. The Morgan fingerprint density at radius 1 is 1.56 bits per heavy atom. The number of hydrogen-bond acceptors (Lipinski definition) is 4. The smallest absolute Gasteiger partial charge is 0.340 e. The fourth-order valence-electron chi connectivity index (χ4n) is 1.85. The number of allylic oxidation sites excluding steroid dienone is 2. The fourth-order valence-corrected chi connectivity index (χ4v) is 2.01. The number of methoxy groups -OCH3 is 1. The molecule has 0 aromatic carbocycles. The molecule has 0 fully saturated rings. The Labute approximate surface area is 110 Å². The Bertz CT molecular complexity index is 538. The largest absolute Gasteiger partial charge is 0.465 e. The first-order valence-electron chi connectivity index (χ1n) is 5.50. The molecule has 1 aliphatic rings. The van der Waals surface area contributed by atoms with Gasteiger partial charge < -0.3 is 10.1 Å². The van der Waals surface area contributed by atoms with Crippen LogP contribution in [0.4, 0.5) is 0 Å². The fraction of sp³-hybridized carbons (Fsp3) is 0.231. The van der Waals surface area contributed by atoms with Gasteiger partial charge in [0.05, 0.1) is 12.7 Å². The van der Waals surface area contributed by atoms with Gasteiger partial charge in [-0.1, -0.05) is 17.7 Å². The second-order valence-corrected chi connectivity index (χ2v) is 4.30. The molecule has 4 nitrogen and oxygen atoms in total. The summed E-state index contributed by atoms with van der Waals surface area (Å²) in [7, 11) is 1.34. The molecule has 2 rings (SSSR count). The Balaban J connectivity index is 2.54. The quantitative estimate of drug-likeness (QED) is 0.658. The average molecular weight is 265 g/mol. The van der Waals surface area contributed by atoms with E-state index in [2.05, 4.69) is 10.3 Å². The summed E-state index contributed by atoms with van der Waals surface area (Å²) in [6.07, 6.45) is 7.12. The molecule has 0 bridgehead atoms. The first kappa shape index (κ1) is 12.6. The highest BCUT2D eigenvalue weighted by molar-refractivity contribution is 6.29. The van der Waals surface area contributed by atoms with Gasteiger partial charge in [0.1, 0.15) is 5.15 Å². The molecule has 1 unspecified atom stereocenters. The van der Waals surface area contributed by atoms with Crippen LogP contribution in [-0.2, 0) is 4.74 Å². The first-order valence-corrected chi connectivity index (χ1v) is 5.88. The summed E-state index contributed by atoms with van der Waals surface area (Å²) >= 11 is 5.90. The number of carbonyl (C=O) groups excluding carboxylic acids is 1. The lowest BCUT2D eigenvalue weighted by Crippen LogP contribution is -2.25. The third-order valence-corrected chi connectivity index (χ3v) is 2.98. The van der Waals surface area contributed by atoms with Crippen LogP contribution in [0.15, 0.2) is 30.6 Å². The van der Waals surface area contributed by atoms with Gasteiger partial charge >= 0.3 is 5.97 Å². The molecule has 0 aliphatic carbocycles. The zero-order valence-electron chi connectivity index (χ0n) is 10.1. The summed E-state index contributed by atoms with van der Waals surface area (Å²) in [5, 5.41) is 3.52. The van der Waals surface area contributed by atoms with Crippen molar-refractivity contribution in [2.75, 3.05) is 7.11 Å². The van der Waals surface area contributed by atoms with E-state index < -0.39 is 5.97 Å². The minimum atomic E-state index is -0.420. The predicted octanol–water partition coefficient (Wildman–Crippen LogP) is 2.41. The van der Waals surface area contributed by atoms with Crippen molar-refractivity contribution in [2.24, 2.45) is 0 Å². The van der Waals surface area contributed by atoms with Crippen molar-refractivity contribution >= 4 is 23.1 Å². The van der Waals surface area contributed by atoms with Gasteiger partial charge in [0.15, 0.2) is 0 Å². The first-order chi connectivity index (χ1) is 8.63. The van der Waals surface area contributed by atoms with Gasteiger partial charge in [-0.05, 0) is 36.4 Å². The molecule has 1 aliphatic heterocycles. The van der Waals surface area contributed by atoms with E-state index >= 15 is 0 Å². The van der Waals surface area contributed by atoms with Crippen molar-refractivity contribution in [1.82, 2.24) is 10.3 Å². The summed E-state index contributed by atoms with van der Waals surface area (Å²) < 4.78 is 4.76. The Hall–Kier alpha value is -1.81. The number of pyridine rings is 1. The summed E-state index contributed by atoms with van der Waals surface area (Å²) in [5.74, 6) is -0.420. The maximum Gasteiger partial charge on any atom is 0.340 e. The van der Waals surface area contributed by atoms with Crippen LogP contribution in [-0.4, -0.2) is 24.1 Å². The van der Waals surface area contributed by atoms with Crippen LogP contribution in [0.1, 0.15) is 22.8 Å². The lowest BCUT2D eigenvalue weighted by molar-refractivity contribution is 0.0600. The maximum atomic E-state index is 11.7. The van der Waals surface area contributed by atoms with Gasteiger partial charge in [0.25, 0.3) is 0 Å². The van der Waals surface area contributed by atoms with Gasteiger partial charge in [-0.2, -0.15) is 0 Å². The number of halogens is 1. The van der Waals surface area contributed by atoms with Crippen LogP contribution in [0, 0.1) is 0 Å². The minimum Gasteiger partial charge on any atom is -0.465 e. The summed E-state index contributed by atoms with van der Waals surface area (Å²) in [6.45, 7) is 2.00. The highest BCUT2D eigenvalue weighted by Crippen LogP contribution is 2.26. The molecule has 0 amide bonds. The van der Waals surface area contributed by atoms with E-state index in [4.69, 9.17) is 16.3 Å². The normalized spacial score (nSPS) is 17.9. The molecule has 18 heavy (non-hydrogen) atoms. The third-order valence-electron chi connectivity index (χ3n) is 2.77. The van der Waals surface area contributed by atoms with Gasteiger partial charge in [0.2, 0.25) is 0 Å². The number of hydrogen-bond donors (Lipinski definition) is 1. The molecular formula is C13H13ClN2O2. The topological polar surface area (TPSA) is 51.2 Å². The number of dihydropyridines is 1. The minimum absolute atomic E-state index is 0.0943. The molecule has 1 aromatic heterocycles. The summed E-state index contributed by atoms with van der Waals surface area (Å²) in [4.78, 5) is 15.7. The van der Waals surface area contributed by atoms with Crippen LogP contribution in [0.2, 0.25) is 5.15 Å². The lowest BCUT2D eigenvalue weighted by Gasteiger charge is -2.21. The Morgan fingerprint density at radius 2 is 2.33 bits per heavy atom. The second-order valence-electron chi connectivity index (χ2n) is 3.91. The van der Waals surface area contributed by atoms with E-state index in [1.165, 1.54) is 13.3 Å². The average Bonchev–Trinajstić information content (AvgIpc) is 2.38. The Morgan fingerprint density at radius 3 is 3.00 bits per heavy atom. The standard InChI is InChI=1S/C13H13ClN2O2/c1-8-9(4-3-5-15-8)10-6-12(14)16-7-11(10)13(17)18-2/h3-8,15H,1-2H3. The van der Waals surface area contributed by atoms with Gasteiger partial charge in [-0.15, -0.1) is 0 Å². The molecular weight excluding hydrogens is 252 g/mol. The van der Waals surface area contributed by atoms with E-state index in [1.54, 1.807) is 6.07 Å². The van der Waals surface area contributed by atoms with E-state index in [-0.39, 0.29) is 6.04 Å². The maximum absolute atomic E-state index is 11.7.